The summed E-state index contributed by atoms with van der Waals surface area (Å²) in [6, 6.07) is 14.4. The molecule has 1 aliphatic rings. The Hall–Kier alpha value is -4.01. The summed E-state index contributed by atoms with van der Waals surface area (Å²) in [5, 5.41) is 14.9. The largest absolute Gasteiger partial charge is 0.462 e. The van der Waals surface area contributed by atoms with E-state index in [1.807, 2.05) is 29.2 Å². The first-order valence-electron chi connectivity index (χ1n) is 9.48. The van der Waals surface area contributed by atoms with Gasteiger partial charge in [-0.1, -0.05) is 30.3 Å². The zero-order valence-corrected chi connectivity index (χ0v) is 16.2. The van der Waals surface area contributed by atoms with Crippen LogP contribution in [0.5, 0.6) is 0 Å². The minimum absolute atomic E-state index is 0.00568. The second-order valence-corrected chi connectivity index (χ2v) is 6.57. The van der Waals surface area contributed by atoms with Gasteiger partial charge in [0.05, 0.1) is 22.8 Å². The average Bonchev–Trinajstić information content (AvgIpc) is 3.18. The van der Waals surface area contributed by atoms with Crippen molar-refractivity contribution in [3.05, 3.63) is 76.1 Å². The lowest BCUT2D eigenvalue weighted by molar-refractivity contribution is -0.383. The molecule has 0 saturated heterocycles. The van der Waals surface area contributed by atoms with Crippen molar-refractivity contribution in [1.82, 2.24) is 9.97 Å². The molecule has 9 heteroatoms. The number of hydrogen-bond acceptors (Lipinski definition) is 8. The summed E-state index contributed by atoms with van der Waals surface area (Å²) in [5.74, 6) is -0.312. The number of carbonyl (C=O) groups excluding carboxylic acids is 1. The first-order valence-corrected chi connectivity index (χ1v) is 9.48. The molecule has 3 aromatic rings. The van der Waals surface area contributed by atoms with Crippen molar-refractivity contribution in [1.29, 1.82) is 0 Å². The quantitative estimate of drug-likeness (QED) is 0.372. The molecule has 0 atom stereocenters. The minimum atomic E-state index is -0.522. The van der Waals surface area contributed by atoms with Gasteiger partial charge in [-0.3, -0.25) is 10.1 Å². The third kappa shape index (κ3) is 3.52. The molecular weight excluding hydrogens is 386 g/mol. The van der Waals surface area contributed by atoms with E-state index in [4.69, 9.17) is 4.74 Å². The van der Waals surface area contributed by atoms with Gasteiger partial charge < -0.3 is 15.0 Å². The van der Waals surface area contributed by atoms with Crippen LogP contribution in [0.25, 0.3) is 0 Å². The van der Waals surface area contributed by atoms with E-state index in [-0.39, 0.29) is 29.5 Å². The average molecular weight is 405 g/mol. The molecular formula is C21H19N5O4. The highest BCUT2D eigenvalue weighted by atomic mass is 16.6. The first kappa shape index (κ1) is 19.3. The fraction of sp³-hybridized carbons (Fsp3) is 0.190. The molecule has 4 rings (SSSR count). The maximum Gasteiger partial charge on any atom is 0.354 e. The normalized spacial score (nSPS) is 12.4. The number of hydrogen-bond donors (Lipinski definition) is 1. The lowest BCUT2D eigenvalue weighted by atomic mass is 10.1. The number of fused-ring (bicyclic) bond motifs is 1. The fourth-order valence-corrected chi connectivity index (χ4v) is 3.49. The summed E-state index contributed by atoms with van der Waals surface area (Å²) in [7, 11) is 0. The standard InChI is InChI=1S/C21H19N5O4/c1-2-30-21(27)15-8-4-5-9-16(15)24-19-18(26(28)29)20(23-13-22-19)25-12-11-14-7-3-6-10-17(14)25/h3-10,13H,2,11-12H2,1H3,(H,22,23,24). The Morgan fingerprint density at radius 1 is 1.20 bits per heavy atom. The third-order valence-electron chi connectivity index (χ3n) is 4.80. The molecule has 1 aliphatic heterocycles. The number of aromatic nitrogens is 2. The summed E-state index contributed by atoms with van der Waals surface area (Å²) < 4.78 is 5.07. The minimum Gasteiger partial charge on any atom is -0.462 e. The number of para-hydroxylation sites is 2. The van der Waals surface area contributed by atoms with Crippen LogP contribution in [0.3, 0.4) is 0 Å². The van der Waals surface area contributed by atoms with Crippen molar-refractivity contribution in [2.45, 2.75) is 13.3 Å². The molecule has 30 heavy (non-hydrogen) atoms. The van der Waals surface area contributed by atoms with Crippen molar-refractivity contribution < 1.29 is 14.5 Å². The van der Waals surface area contributed by atoms with Gasteiger partial charge in [-0.15, -0.1) is 0 Å². The van der Waals surface area contributed by atoms with Gasteiger partial charge in [-0.2, -0.15) is 0 Å². The highest BCUT2D eigenvalue weighted by Gasteiger charge is 2.31. The van der Waals surface area contributed by atoms with Crippen LogP contribution in [0.2, 0.25) is 0 Å². The number of ether oxygens (including phenoxy) is 1. The molecule has 0 spiro atoms. The van der Waals surface area contributed by atoms with Crippen LogP contribution in [0, 0.1) is 10.1 Å². The zero-order chi connectivity index (χ0) is 21.1. The summed E-state index contributed by atoms with van der Waals surface area (Å²) in [6.45, 7) is 2.51. The molecule has 0 fully saturated rings. The molecule has 0 aliphatic carbocycles. The van der Waals surface area contributed by atoms with Crippen LogP contribution in [-0.2, 0) is 11.2 Å². The first-order chi connectivity index (χ1) is 14.6. The van der Waals surface area contributed by atoms with Crippen LogP contribution >= 0.6 is 0 Å². The molecule has 9 nitrogen and oxygen atoms in total. The zero-order valence-electron chi connectivity index (χ0n) is 16.2. The summed E-state index contributed by atoms with van der Waals surface area (Å²) in [4.78, 5) is 33.8. The predicted octanol–water partition coefficient (Wildman–Crippen LogP) is 4.00. The Balaban J connectivity index is 1.76. The maximum atomic E-state index is 12.3. The van der Waals surface area contributed by atoms with Crippen molar-refractivity contribution in [3.63, 3.8) is 0 Å². The number of anilines is 4. The van der Waals surface area contributed by atoms with Crippen LogP contribution < -0.4 is 10.2 Å². The molecule has 2 heterocycles. The maximum absolute atomic E-state index is 12.3. The van der Waals surface area contributed by atoms with Gasteiger partial charge in [0.2, 0.25) is 11.6 Å². The third-order valence-corrected chi connectivity index (χ3v) is 4.80. The van der Waals surface area contributed by atoms with Gasteiger partial charge in [0.25, 0.3) is 0 Å². The fourth-order valence-electron chi connectivity index (χ4n) is 3.49. The Kier molecular flexibility index (Phi) is 5.25. The molecule has 152 valence electrons. The number of rotatable bonds is 6. The molecule has 0 radical (unpaired) electrons. The van der Waals surface area contributed by atoms with E-state index in [9.17, 15) is 14.9 Å². The Morgan fingerprint density at radius 3 is 2.77 bits per heavy atom. The topological polar surface area (TPSA) is 110 Å². The lowest BCUT2D eigenvalue weighted by Crippen LogP contribution is -2.18. The van der Waals surface area contributed by atoms with Gasteiger partial charge >= 0.3 is 11.7 Å². The summed E-state index contributed by atoms with van der Waals surface area (Å²) in [6.07, 6.45) is 2.05. The SMILES string of the molecule is CCOC(=O)c1ccccc1Nc1ncnc(N2CCc3ccccc32)c1[N+](=O)[O-]. The predicted molar refractivity (Wildman–Crippen MR) is 112 cm³/mol. The van der Waals surface area contributed by atoms with E-state index in [2.05, 4.69) is 15.3 Å². The Bertz CT molecular complexity index is 1120. The van der Waals surface area contributed by atoms with E-state index < -0.39 is 10.9 Å². The highest BCUT2D eigenvalue weighted by molar-refractivity contribution is 5.97. The molecule has 0 saturated carbocycles. The van der Waals surface area contributed by atoms with Gasteiger partial charge in [-0.25, -0.2) is 14.8 Å². The second-order valence-electron chi connectivity index (χ2n) is 6.57. The smallest absolute Gasteiger partial charge is 0.354 e. The number of nitrogens with one attached hydrogen (secondary N) is 1. The van der Waals surface area contributed by atoms with E-state index in [0.717, 1.165) is 17.7 Å². The van der Waals surface area contributed by atoms with Crippen LogP contribution in [-0.4, -0.2) is 34.0 Å². The summed E-state index contributed by atoms with van der Waals surface area (Å²) >= 11 is 0. The van der Waals surface area contributed by atoms with Crippen LogP contribution in [0.4, 0.5) is 28.7 Å². The van der Waals surface area contributed by atoms with Gasteiger partial charge in [0.15, 0.2) is 0 Å². The van der Waals surface area contributed by atoms with E-state index >= 15 is 0 Å². The highest BCUT2D eigenvalue weighted by Crippen LogP contribution is 2.41. The monoisotopic (exact) mass is 405 g/mol. The van der Waals surface area contributed by atoms with E-state index in [0.29, 0.717) is 12.2 Å². The van der Waals surface area contributed by atoms with Gasteiger partial charge in [0, 0.05) is 12.2 Å². The van der Waals surface area contributed by atoms with Crippen molar-refractivity contribution in [2.24, 2.45) is 0 Å². The van der Waals surface area contributed by atoms with Gasteiger partial charge in [0.1, 0.15) is 6.33 Å². The molecule has 1 aromatic heterocycles. The number of nitro groups is 1. The lowest BCUT2D eigenvalue weighted by Gasteiger charge is -2.19. The van der Waals surface area contributed by atoms with Crippen molar-refractivity contribution >= 4 is 34.7 Å². The Morgan fingerprint density at radius 2 is 1.97 bits per heavy atom. The van der Waals surface area contributed by atoms with Crippen molar-refractivity contribution in [2.75, 3.05) is 23.4 Å². The van der Waals surface area contributed by atoms with Crippen LogP contribution in [0.1, 0.15) is 22.8 Å². The second kappa shape index (κ2) is 8.16. The molecule has 2 aromatic carbocycles. The number of benzene rings is 2. The number of nitrogens with zero attached hydrogens (tertiary/aromatic N) is 4. The van der Waals surface area contributed by atoms with E-state index in [1.165, 1.54) is 6.33 Å². The van der Waals surface area contributed by atoms with Crippen molar-refractivity contribution in [3.8, 4) is 0 Å². The Labute approximate surface area is 172 Å². The van der Waals surface area contributed by atoms with E-state index in [1.54, 1.807) is 31.2 Å². The molecule has 0 amide bonds. The van der Waals surface area contributed by atoms with Gasteiger partial charge in [-0.05, 0) is 37.1 Å². The van der Waals surface area contributed by atoms with Crippen LogP contribution in [0.15, 0.2) is 54.9 Å². The summed E-state index contributed by atoms with van der Waals surface area (Å²) in [5.41, 5.74) is 2.36. The molecule has 0 unspecified atom stereocenters. The molecule has 0 bridgehead atoms. The number of esters is 1. The molecule has 1 N–H and O–H groups in total. The number of carbonyl (C=O) groups is 1.